The van der Waals surface area contributed by atoms with E-state index in [2.05, 4.69) is 4.74 Å². The number of hydrogen-bond donors (Lipinski definition) is 0. The van der Waals surface area contributed by atoms with Crippen molar-refractivity contribution in [1.29, 1.82) is 0 Å². The highest BCUT2D eigenvalue weighted by Crippen LogP contribution is 2.29. The van der Waals surface area contributed by atoms with Crippen molar-refractivity contribution in [2.75, 3.05) is 25.7 Å². The number of amides is 1. The molecule has 1 amide bonds. The van der Waals surface area contributed by atoms with Crippen LogP contribution < -0.4 is 9.64 Å². The number of hydrogen-bond acceptors (Lipinski definition) is 7. The highest BCUT2D eigenvalue weighted by molar-refractivity contribution is 6.04. The van der Waals surface area contributed by atoms with Gasteiger partial charge in [0, 0.05) is 5.69 Å². The molecule has 1 aromatic carbocycles. The van der Waals surface area contributed by atoms with E-state index in [9.17, 15) is 14.4 Å². The van der Waals surface area contributed by atoms with Gasteiger partial charge in [-0.3, -0.25) is 14.5 Å². The predicted molar refractivity (Wildman–Crippen MR) is 91.9 cm³/mol. The second-order valence-corrected chi connectivity index (χ2v) is 6.71. The summed E-state index contributed by atoms with van der Waals surface area (Å²) in [6, 6.07) is 6.60. The number of ether oxygens (including phenoxy) is 4. The third-order valence-corrected chi connectivity index (χ3v) is 3.53. The zero-order valence-corrected chi connectivity index (χ0v) is 15.5. The van der Waals surface area contributed by atoms with Crippen molar-refractivity contribution < 1.29 is 33.3 Å². The minimum atomic E-state index is -0.980. The largest absolute Gasteiger partial charge is 0.497 e. The normalized spacial score (nSPS) is 18.7. The molecule has 1 heterocycles. The van der Waals surface area contributed by atoms with E-state index in [1.807, 2.05) is 0 Å². The molecule has 0 N–H and O–H groups in total. The first-order valence-electron chi connectivity index (χ1n) is 8.07. The number of carbonyl (C=O) groups excluding carboxylic acids is 3. The van der Waals surface area contributed by atoms with Gasteiger partial charge >= 0.3 is 11.9 Å². The first kappa shape index (κ1) is 19.7. The van der Waals surface area contributed by atoms with Crippen molar-refractivity contribution in [3.8, 4) is 5.75 Å². The van der Waals surface area contributed by atoms with Crippen LogP contribution in [0, 0.1) is 0 Å². The van der Waals surface area contributed by atoms with Gasteiger partial charge in [0.05, 0.1) is 14.2 Å². The van der Waals surface area contributed by atoms with E-state index in [1.165, 1.54) is 19.1 Å². The monoisotopic (exact) mass is 365 g/mol. The summed E-state index contributed by atoms with van der Waals surface area (Å²) in [7, 11) is 2.74. The van der Waals surface area contributed by atoms with E-state index in [4.69, 9.17) is 14.2 Å². The summed E-state index contributed by atoms with van der Waals surface area (Å²) in [5.41, 5.74) is -0.225. The standard InChI is InChI=1S/C18H23NO7/c1-18(2,3)26-13(20)10-19(11-6-8-12(23-4)9-7-11)16(21)14-15(25-14)17(22)24-5/h6-9,14-15H,10H2,1-5H3. The summed E-state index contributed by atoms with van der Waals surface area (Å²) in [6.45, 7) is 4.90. The van der Waals surface area contributed by atoms with E-state index in [0.29, 0.717) is 11.4 Å². The minimum Gasteiger partial charge on any atom is -0.497 e. The third kappa shape index (κ3) is 4.95. The van der Waals surface area contributed by atoms with Crippen molar-refractivity contribution in [3.05, 3.63) is 24.3 Å². The number of epoxide rings is 1. The van der Waals surface area contributed by atoms with Gasteiger partial charge in [0.15, 0.2) is 12.2 Å². The van der Waals surface area contributed by atoms with E-state index in [1.54, 1.807) is 45.0 Å². The Hall–Kier alpha value is -2.61. The smallest absolute Gasteiger partial charge is 0.338 e. The summed E-state index contributed by atoms with van der Waals surface area (Å²) in [5, 5.41) is 0. The van der Waals surface area contributed by atoms with Crippen LogP contribution in [0.3, 0.4) is 0 Å². The fourth-order valence-electron chi connectivity index (χ4n) is 2.31. The van der Waals surface area contributed by atoms with Gasteiger partial charge in [-0.1, -0.05) is 0 Å². The maximum Gasteiger partial charge on any atom is 0.338 e. The molecule has 0 aromatic heterocycles. The van der Waals surface area contributed by atoms with Gasteiger partial charge in [0.1, 0.15) is 17.9 Å². The molecule has 1 fully saturated rings. The van der Waals surface area contributed by atoms with Crippen molar-refractivity contribution >= 4 is 23.5 Å². The molecule has 8 heteroatoms. The van der Waals surface area contributed by atoms with Crippen LogP contribution >= 0.6 is 0 Å². The van der Waals surface area contributed by atoms with Gasteiger partial charge in [0.2, 0.25) is 0 Å². The molecule has 2 unspecified atom stereocenters. The van der Waals surface area contributed by atoms with E-state index in [-0.39, 0.29) is 6.54 Å². The SMILES string of the molecule is COC(=O)C1OC1C(=O)N(CC(=O)OC(C)(C)C)c1ccc(OC)cc1. The Morgan fingerprint density at radius 3 is 2.19 bits per heavy atom. The zero-order chi connectivity index (χ0) is 19.5. The molecule has 0 radical (unpaired) electrons. The van der Waals surface area contributed by atoms with Crippen LogP contribution in [0.1, 0.15) is 20.8 Å². The Balaban J connectivity index is 2.19. The van der Waals surface area contributed by atoms with Crippen LogP contribution in [-0.4, -0.2) is 56.4 Å². The first-order chi connectivity index (χ1) is 12.2. The quantitative estimate of drug-likeness (QED) is 0.554. The van der Waals surface area contributed by atoms with Crippen LogP contribution in [0.2, 0.25) is 0 Å². The van der Waals surface area contributed by atoms with Gasteiger partial charge in [-0.2, -0.15) is 0 Å². The molecular weight excluding hydrogens is 342 g/mol. The number of nitrogens with zero attached hydrogens (tertiary/aromatic N) is 1. The Kier molecular flexibility index (Phi) is 5.86. The van der Waals surface area contributed by atoms with Crippen molar-refractivity contribution in [1.82, 2.24) is 0 Å². The zero-order valence-electron chi connectivity index (χ0n) is 15.5. The predicted octanol–water partition coefficient (Wildman–Crippen LogP) is 1.31. The average molecular weight is 365 g/mol. The van der Waals surface area contributed by atoms with Crippen LogP contribution in [0.25, 0.3) is 0 Å². The minimum absolute atomic E-state index is 0.309. The Morgan fingerprint density at radius 1 is 1.08 bits per heavy atom. The molecule has 26 heavy (non-hydrogen) atoms. The number of rotatable bonds is 6. The molecule has 8 nitrogen and oxygen atoms in total. The number of methoxy groups -OCH3 is 2. The van der Waals surface area contributed by atoms with Gasteiger partial charge in [-0.15, -0.1) is 0 Å². The molecular formula is C18H23NO7. The lowest BCUT2D eigenvalue weighted by molar-refractivity contribution is -0.153. The van der Waals surface area contributed by atoms with Gasteiger partial charge in [-0.25, -0.2) is 4.79 Å². The summed E-state index contributed by atoms with van der Waals surface area (Å²) in [6.07, 6.45) is -1.93. The Labute approximate surface area is 152 Å². The van der Waals surface area contributed by atoms with E-state index in [0.717, 1.165) is 0 Å². The third-order valence-electron chi connectivity index (χ3n) is 3.53. The lowest BCUT2D eigenvalue weighted by Crippen LogP contribution is -2.42. The van der Waals surface area contributed by atoms with Gasteiger partial charge in [0.25, 0.3) is 5.91 Å². The van der Waals surface area contributed by atoms with Gasteiger partial charge in [-0.05, 0) is 45.0 Å². The molecule has 0 bridgehead atoms. The van der Waals surface area contributed by atoms with E-state index >= 15 is 0 Å². The fraction of sp³-hybridized carbons (Fsp3) is 0.500. The summed E-state index contributed by atoms with van der Waals surface area (Å²) >= 11 is 0. The average Bonchev–Trinajstić information content (AvgIpc) is 3.37. The van der Waals surface area contributed by atoms with Gasteiger partial charge < -0.3 is 18.9 Å². The second-order valence-electron chi connectivity index (χ2n) is 6.71. The summed E-state index contributed by atoms with van der Waals surface area (Å²) in [5.74, 6) is -1.11. The van der Waals surface area contributed by atoms with Crippen LogP contribution in [0.15, 0.2) is 24.3 Å². The maximum atomic E-state index is 12.7. The highest BCUT2D eigenvalue weighted by Gasteiger charge is 2.53. The maximum absolute atomic E-state index is 12.7. The molecule has 1 aromatic rings. The molecule has 2 atom stereocenters. The van der Waals surface area contributed by atoms with Crippen LogP contribution in [-0.2, 0) is 28.6 Å². The Morgan fingerprint density at radius 2 is 1.69 bits per heavy atom. The molecule has 0 spiro atoms. The fourth-order valence-corrected chi connectivity index (χ4v) is 2.31. The molecule has 0 saturated carbocycles. The first-order valence-corrected chi connectivity index (χ1v) is 8.07. The number of carbonyl (C=O) groups is 3. The van der Waals surface area contributed by atoms with Crippen LogP contribution in [0.5, 0.6) is 5.75 Å². The van der Waals surface area contributed by atoms with Crippen molar-refractivity contribution in [3.63, 3.8) is 0 Å². The Bertz CT molecular complexity index is 678. The van der Waals surface area contributed by atoms with Crippen molar-refractivity contribution in [2.24, 2.45) is 0 Å². The molecule has 1 aliphatic heterocycles. The highest BCUT2D eigenvalue weighted by atomic mass is 16.6. The number of esters is 2. The molecule has 0 aliphatic carbocycles. The van der Waals surface area contributed by atoms with Crippen molar-refractivity contribution in [2.45, 2.75) is 38.6 Å². The molecule has 1 saturated heterocycles. The molecule has 142 valence electrons. The molecule has 1 aliphatic rings. The molecule has 2 rings (SSSR count). The number of benzene rings is 1. The lowest BCUT2D eigenvalue weighted by atomic mass is 10.2. The summed E-state index contributed by atoms with van der Waals surface area (Å²) < 4.78 is 20.1. The van der Waals surface area contributed by atoms with E-state index < -0.39 is 35.7 Å². The summed E-state index contributed by atoms with van der Waals surface area (Å²) in [4.78, 5) is 37.7. The topological polar surface area (TPSA) is 94.7 Å². The second kappa shape index (κ2) is 7.74. The lowest BCUT2D eigenvalue weighted by Gasteiger charge is -2.25. The van der Waals surface area contributed by atoms with Crippen LogP contribution in [0.4, 0.5) is 5.69 Å². The number of anilines is 1.